The molecular formula is C22H24Cl2N2OS. The molecule has 3 nitrogen and oxygen atoms in total. The minimum atomic E-state index is 0.168. The lowest BCUT2D eigenvalue weighted by Crippen LogP contribution is -2.39. The molecule has 0 aromatic heterocycles. The Bertz CT molecular complexity index is 825. The molecule has 4 rings (SSSR count). The maximum Gasteiger partial charge on any atom is 0.286 e. The molecule has 2 aromatic carbocycles. The van der Waals surface area contributed by atoms with Crippen LogP contribution < -0.4 is 4.90 Å². The van der Waals surface area contributed by atoms with Crippen LogP contribution >= 0.6 is 35.0 Å². The van der Waals surface area contributed by atoms with E-state index in [2.05, 4.69) is 4.90 Å². The van der Waals surface area contributed by atoms with Crippen molar-refractivity contribution >= 4 is 45.9 Å². The van der Waals surface area contributed by atoms with Gasteiger partial charge >= 0.3 is 0 Å². The molecule has 0 radical (unpaired) electrons. The van der Waals surface area contributed by atoms with Gasteiger partial charge in [-0.2, -0.15) is 0 Å². The van der Waals surface area contributed by atoms with Crippen molar-refractivity contribution in [1.29, 1.82) is 0 Å². The molecular weight excluding hydrogens is 411 g/mol. The van der Waals surface area contributed by atoms with Crippen LogP contribution in [-0.2, 0) is 6.42 Å². The van der Waals surface area contributed by atoms with Gasteiger partial charge in [0.15, 0.2) is 0 Å². The third-order valence-corrected chi connectivity index (χ3v) is 7.28. The molecule has 2 heterocycles. The summed E-state index contributed by atoms with van der Waals surface area (Å²) in [6, 6.07) is 15.7. The van der Waals surface area contributed by atoms with Crippen LogP contribution in [0.15, 0.2) is 48.5 Å². The van der Waals surface area contributed by atoms with Crippen molar-refractivity contribution in [3.63, 3.8) is 0 Å². The predicted molar refractivity (Wildman–Crippen MR) is 120 cm³/mol. The molecule has 2 aliphatic heterocycles. The molecule has 0 aliphatic carbocycles. The zero-order valence-corrected chi connectivity index (χ0v) is 18.0. The summed E-state index contributed by atoms with van der Waals surface area (Å²) in [7, 11) is 0. The number of nitrogens with zero attached hydrogens (tertiary/aromatic N) is 2. The minimum absolute atomic E-state index is 0.168. The number of carbonyl (C=O) groups excluding carboxylic acids is 1. The van der Waals surface area contributed by atoms with E-state index < -0.39 is 0 Å². The number of benzene rings is 2. The Morgan fingerprint density at radius 1 is 1.04 bits per heavy atom. The lowest BCUT2D eigenvalue weighted by Gasteiger charge is -2.33. The van der Waals surface area contributed by atoms with Crippen molar-refractivity contribution in [2.24, 2.45) is 5.92 Å². The Labute approximate surface area is 181 Å². The molecule has 2 aromatic rings. The Morgan fingerprint density at radius 3 is 2.54 bits per heavy atom. The SMILES string of the molecule is O=C1SC(CN2CCC(Cc3cc(Cl)ccc3Cl)CC2)CN1c1ccccc1. The molecule has 0 bridgehead atoms. The van der Waals surface area contributed by atoms with E-state index in [1.807, 2.05) is 53.4 Å². The second-order valence-corrected chi connectivity index (χ2v) is 9.73. The number of carbonyl (C=O) groups is 1. The van der Waals surface area contributed by atoms with Crippen molar-refractivity contribution in [2.75, 3.05) is 31.1 Å². The first-order valence-corrected chi connectivity index (χ1v) is 11.4. The summed E-state index contributed by atoms with van der Waals surface area (Å²) in [4.78, 5) is 16.8. The Morgan fingerprint density at radius 2 is 1.79 bits per heavy atom. The number of thioether (sulfide) groups is 1. The van der Waals surface area contributed by atoms with Gasteiger partial charge in [-0.25, -0.2) is 0 Å². The fraction of sp³-hybridized carbons (Fsp3) is 0.409. The highest BCUT2D eigenvalue weighted by atomic mass is 35.5. The Kier molecular flexibility index (Phi) is 6.52. The molecule has 1 unspecified atom stereocenters. The quantitative estimate of drug-likeness (QED) is 0.577. The molecule has 0 saturated carbocycles. The van der Waals surface area contributed by atoms with Crippen LogP contribution in [0.4, 0.5) is 10.5 Å². The first-order chi connectivity index (χ1) is 13.6. The lowest BCUT2D eigenvalue weighted by molar-refractivity contribution is 0.185. The van der Waals surface area contributed by atoms with Crippen LogP contribution in [0, 0.1) is 5.92 Å². The maximum absolute atomic E-state index is 12.4. The average molecular weight is 435 g/mol. The summed E-state index contributed by atoms with van der Waals surface area (Å²) < 4.78 is 0. The van der Waals surface area contributed by atoms with Crippen molar-refractivity contribution in [2.45, 2.75) is 24.5 Å². The Hall–Kier alpha value is -1.20. The molecule has 6 heteroatoms. The van der Waals surface area contributed by atoms with E-state index in [1.54, 1.807) is 0 Å². The molecule has 2 saturated heterocycles. The highest BCUT2D eigenvalue weighted by molar-refractivity contribution is 8.14. The van der Waals surface area contributed by atoms with E-state index in [1.165, 1.54) is 11.8 Å². The molecule has 28 heavy (non-hydrogen) atoms. The van der Waals surface area contributed by atoms with Gasteiger partial charge < -0.3 is 9.80 Å². The zero-order valence-electron chi connectivity index (χ0n) is 15.7. The van der Waals surface area contributed by atoms with E-state index in [-0.39, 0.29) is 5.24 Å². The zero-order chi connectivity index (χ0) is 19.5. The molecule has 1 atom stereocenters. The van der Waals surface area contributed by atoms with Crippen molar-refractivity contribution < 1.29 is 4.79 Å². The van der Waals surface area contributed by atoms with Gasteiger partial charge in [0.1, 0.15) is 0 Å². The fourth-order valence-corrected chi connectivity index (χ4v) is 5.60. The van der Waals surface area contributed by atoms with Crippen molar-refractivity contribution in [1.82, 2.24) is 4.90 Å². The fourth-order valence-electron chi connectivity index (χ4n) is 4.11. The molecule has 148 valence electrons. The van der Waals surface area contributed by atoms with Crippen molar-refractivity contribution in [3.8, 4) is 0 Å². The third-order valence-electron chi connectivity index (χ3n) is 5.63. The van der Waals surface area contributed by atoms with E-state index >= 15 is 0 Å². The number of hydrogen-bond acceptors (Lipinski definition) is 3. The predicted octanol–water partition coefficient (Wildman–Crippen LogP) is 5.99. The average Bonchev–Trinajstić information content (AvgIpc) is 3.07. The summed E-state index contributed by atoms with van der Waals surface area (Å²) in [6.07, 6.45) is 3.32. The van der Waals surface area contributed by atoms with E-state index in [0.717, 1.165) is 66.7 Å². The van der Waals surface area contributed by atoms with Gasteiger partial charge in [-0.3, -0.25) is 4.79 Å². The molecule has 0 spiro atoms. The number of rotatable bonds is 5. The van der Waals surface area contributed by atoms with Crippen molar-refractivity contribution in [3.05, 3.63) is 64.1 Å². The highest BCUT2D eigenvalue weighted by Gasteiger charge is 2.33. The summed E-state index contributed by atoms with van der Waals surface area (Å²) in [5.74, 6) is 0.644. The maximum atomic E-state index is 12.4. The van der Waals surface area contributed by atoms with Gasteiger partial charge in [0.25, 0.3) is 5.24 Å². The third kappa shape index (κ3) is 4.85. The highest BCUT2D eigenvalue weighted by Crippen LogP contribution is 2.32. The van der Waals surface area contributed by atoms with E-state index in [0.29, 0.717) is 11.2 Å². The van der Waals surface area contributed by atoms with Crippen LogP contribution in [-0.4, -0.2) is 41.6 Å². The summed E-state index contributed by atoms with van der Waals surface area (Å²) in [6.45, 7) is 3.94. The van der Waals surface area contributed by atoms with Crippen LogP contribution in [0.2, 0.25) is 10.0 Å². The molecule has 2 fully saturated rings. The van der Waals surface area contributed by atoms with Crippen LogP contribution in [0.1, 0.15) is 18.4 Å². The van der Waals surface area contributed by atoms with Crippen LogP contribution in [0.3, 0.4) is 0 Å². The number of para-hydroxylation sites is 1. The second-order valence-electron chi connectivity index (χ2n) is 7.64. The lowest BCUT2D eigenvalue weighted by atomic mass is 9.90. The van der Waals surface area contributed by atoms with Crippen LogP contribution in [0.25, 0.3) is 0 Å². The summed E-state index contributed by atoms with van der Waals surface area (Å²) >= 11 is 13.9. The number of halogens is 2. The number of amides is 1. The van der Waals surface area contributed by atoms with E-state index in [9.17, 15) is 4.79 Å². The molecule has 1 amide bonds. The number of hydrogen-bond donors (Lipinski definition) is 0. The van der Waals surface area contributed by atoms with Gasteiger partial charge in [-0.15, -0.1) is 0 Å². The van der Waals surface area contributed by atoms with Gasteiger partial charge in [0, 0.05) is 34.1 Å². The monoisotopic (exact) mass is 434 g/mol. The largest absolute Gasteiger partial charge is 0.302 e. The van der Waals surface area contributed by atoms with Gasteiger partial charge in [0.05, 0.1) is 0 Å². The standard InChI is InChI=1S/C22H24Cl2N2OS/c23-18-6-7-21(24)17(13-18)12-16-8-10-25(11-9-16)14-20-15-26(22(27)28-20)19-4-2-1-3-5-19/h1-7,13,16,20H,8-12,14-15H2. The Balaban J connectivity index is 1.27. The van der Waals surface area contributed by atoms with Crippen LogP contribution in [0.5, 0.6) is 0 Å². The first kappa shape index (κ1) is 20.1. The first-order valence-electron chi connectivity index (χ1n) is 9.78. The van der Waals surface area contributed by atoms with Gasteiger partial charge in [-0.1, -0.05) is 53.2 Å². The summed E-state index contributed by atoms with van der Waals surface area (Å²) in [5.41, 5.74) is 2.16. The second kappa shape index (κ2) is 9.08. The molecule has 0 N–H and O–H groups in total. The number of likely N-dealkylation sites (tertiary alicyclic amines) is 1. The van der Waals surface area contributed by atoms with E-state index in [4.69, 9.17) is 23.2 Å². The van der Waals surface area contributed by atoms with Gasteiger partial charge in [0.2, 0.25) is 0 Å². The molecule has 2 aliphatic rings. The minimum Gasteiger partial charge on any atom is -0.302 e. The smallest absolute Gasteiger partial charge is 0.286 e. The van der Waals surface area contributed by atoms with Gasteiger partial charge in [-0.05, 0) is 74.2 Å². The number of anilines is 1. The summed E-state index contributed by atoms with van der Waals surface area (Å²) in [5, 5.41) is 2.07. The number of piperidine rings is 1. The topological polar surface area (TPSA) is 23.6 Å². The normalized spacial score (nSPS) is 21.4.